The SMILES string of the molecule is CCNC(=O)[C@H](Cc1ccccc1)N(Cc1cccc(Br)c1)C(=O)CN(c1cc(C)cc(C)c1)S(=O)(=O)c1ccc(C)cc1. The fraction of sp³-hybridized carbons (Fsp3) is 0.257. The number of hydrogen-bond acceptors (Lipinski definition) is 4. The number of amides is 2. The Morgan fingerprint density at radius 3 is 2.05 bits per heavy atom. The summed E-state index contributed by atoms with van der Waals surface area (Å²) in [5, 5.41) is 2.89. The van der Waals surface area contributed by atoms with Gasteiger partial charge >= 0.3 is 0 Å². The summed E-state index contributed by atoms with van der Waals surface area (Å²) < 4.78 is 30.4. The second-order valence-corrected chi connectivity index (χ2v) is 13.7. The van der Waals surface area contributed by atoms with Gasteiger partial charge in [-0.2, -0.15) is 0 Å². The molecule has 0 bridgehead atoms. The van der Waals surface area contributed by atoms with E-state index in [2.05, 4.69) is 21.2 Å². The van der Waals surface area contributed by atoms with Crippen LogP contribution in [-0.4, -0.2) is 44.3 Å². The summed E-state index contributed by atoms with van der Waals surface area (Å²) in [5.74, 6) is -0.800. The Kier molecular flexibility index (Phi) is 11.0. The monoisotopic (exact) mass is 675 g/mol. The highest BCUT2D eigenvalue weighted by molar-refractivity contribution is 9.10. The summed E-state index contributed by atoms with van der Waals surface area (Å²) in [7, 11) is -4.15. The van der Waals surface area contributed by atoms with E-state index in [9.17, 15) is 18.0 Å². The van der Waals surface area contributed by atoms with E-state index in [0.29, 0.717) is 12.2 Å². The first kappa shape index (κ1) is 33.0. The van der Waals surface area contributed by atoms with Crippen molar-refractivity contribution in [1.29, 1.82) is 0 Å². The fourth-order valence-corrected chi connectivity index (χ4v) is 6.98. The molecule has 9 heteroatoms. The van der Waals surface area contributed by atoms with Crippen molar-refractivity contribution in [3.8, 4) is 0 Å². The number of likely N-dealkylation sites (N-methyl/N-ethyl adjacent to an activating group) is 1. The number of carbonyl (C=O) groups is 2. The molecule has 0 unspecified atom stereocenters. The predicted octanol–water partition coefficient (Wildman–Crippen LogP) is 6.35. The van der Waals surface area contributed by atoms with E-state index in [-0.39, 0.29) is 23.8 Å². The normalized spacial score (nSPS) is 11.9. The molecule has 7 nitrogen and oxygen atoms in total. The lowest BCUT2D eigenvalue weighted by atomic mass is 10.0. The molecule has 0 aliphatic rings. The van der Waals surface area contributed by atoms with Crippen molar-refractivity contribution in [2.75, 3.05) is 17.4 Å². The molecule has 230 valence electrons. The number of carbonyl (C=O) groups excluding carboxylic acids is 2. The molecule has 1 atom stereocenters. The number of benzene rings is 4. The number of nitrogens with one attached hydrogen (secondary N) is 1. The Morgan fingerprint density at radius 2 is 1.43 bits per heavy atom. The van der Waals surface area contributed by atoms with Crippen molar-refractivity contribution in [2.24, 2.45) is 0 Å². The minimum atomic E-state index is -4.15. The fourth-order valence-electron chi connectivity index (χ4n) is 5.14. The van der Waals surface area contributed by atoms with Crippen molar-refractivity contribution in [1.82, 2.24) is 10.2 Å². The van der Waals surface area contributed by atoms with Crippen LogP contribution in [0.3, 0.4) is 0 Å². The first-order valence-corrected chi connectivity index (χ1v) is 16.7. The van der Waals surface area contributed by atoms with Crippen molar-refractivity contribution >= 4 is 43.5 Å². The number of sulfonamides is 1. The van der Waals surface area contributed by atoms with E-state index >= 15 is 0 Å². The zero-order valence-electron chi connectivity index (χ0n) is 25.5. The van der Waals surface area contributed by atoms with E-state index in [1.54, 1.807) is 36.4 Å². The van der Waals surface area contributed by atoms with Crippen LogP contribution in [0.1, 0.15) is 34.7 Å². The minimum Gasteiger partial charge on any atom is -0.355 e. The van der Waals surface area contributed by atoms with Gasteiger partial charge in [-0.1, -0.05) is 82.2 Å². The third-order valence-corrected chi connectivity index (χ3v) is 9.53. The smallest absolute Gasteiger partial charge is 0.264 e. The van der Waals surface area contributed by atoms with Crippen molar-refractivity contribution in [2.45, 2.75) is 51.6 Å². The lowest BCUT2D eigenvalue weighted by molar-refractivity contribution is -0.140. The molecule has 0 saturated carbocycles. The highest BCUT2D eigenvalue weighted by Gasteiger charge is 2.34. The molecule has 4 aromatic carbocycles. The number of hydrogen-bond donors (Lipinski definition) is 1. The topological polar surface area (TPSA) is 86.8 Å². The predicted molar refractivity (Wildman–Crippen MR) is 179 cm³/mol. The third kappa shape index (κ3) is 8.36. The van der Waals surface area contributed by atoms with Crippen molar-refractivity contribution in [3.63, 3.8) is 0 Å². The van der Waals surface area contributed by atoms with Gasteiger partial charge in [0, 0.05) is 24.0 Å². The van der Waals surface area contributed by atoms with Crippen LogP contribution in [0.25, 0.3) is 0 Å². The maximum absolute atomic E-state index is 14.5. The van der Waals surface area contributed by atoms with Gasteiger partial charge in [-0.05, 0) is 86.3 Å². The number of aryl methyl sites for hydroxylation is 3. The first-order chi connectivity index (χ1) is 21.0. The average molecular weight is 677 g/mol. The number of halogens is 1. The Hall–Kier alpha value is -3.95. The second-order valence-electron chi connectivity index (χ2n) is 10.9. The molecule has 4 rings (SSSR count). The number of rotatable bonds is 12. The van der Waals surface area contributed by atoms with Gasteiger partial charge in [0.15, 0.2) is 0 Å². The van der Waals surface area contributed by atoms with Gasteiger partial charge in [0.1, 0.15) is 12.6 Å². The Bertz CT molecular complexity index is 1690. The van der Waals surface area contributed by atoms with Crippen LogP contribution in [0.2, 0.25) is 0 Å². The molecule has 1 N–H and O–H groups in total. The van der Waals surface area contributed by atoms with Crippen LogP contribution in [0.4, 0.5) is 5.69 Å². The van der Waals surface area contributed by atoms with E-state index in [1.165, 1.54) is 4.90 Å². The Labute approximate surface area is 269 Å². The van der Waals surface area contributed by atoms with Crippen molar-refractivity contribution < 1.29 is 18.0 Å². The van der Waals surface area contributed by atoms with Gasteiger partial charge in [0.25, 0.3) is 10.0 Å². The molecule has 0 aromatic heterocycles. The maximum Gasteiger partial charge on any atom is 0.264 e. The zero-order chi connectivity index (χ0) is 31.9. The molecule has 0 saturated heterocycles. The van der Waals surface area contributed by atoms with Crippen molar-refractivity contribution in [3.05, 3.63) is 129 Å². The van der Waals surface area contributed by atoms with E-state index < -0.39 is 28.5 Å². The summed E-state index contributed by atoms with van der Waals surface area (Å²) in [6.07, 6.45) is 0.265. The Balaban J connectivity index is 1.82. The van der Waals surface area contributed by atoms with Crippen LogP contribution in [0.5, 0.6) is 0 Å². The molecule has 0 fully saturated rings. The first-order valence-electron chi connectivity index (χ1n) is 14.5. The Morgan fingerprint density at radius 1 is 0.795 bits per heavy atom. The second kappa shape index (κ2) is 14.7. The molecule has 2 amide bonds. The quantitative estimate of drug-likeness (QED) is 0.190. The van der Waals surface area contributed by atoms with Crippen LogP contribution in [0.15, 0.2) is 106 Å². The largest absolute Gasteiger partial charge is 0.355 e. The molecule has 0 spiro atoms. The molecule has 0 heterocycles. The van der Waals surface area contributed by atoms with Crippen LogP contribution < -0.4 is 9.62 Å². The van der Waals surface area contributed by atoms with E-state index in [0.717, 1.165) is 36.6 Å². The molecule has 0 aliphatic heterocycles. The van der Waals surface area contributed by atoms with Gasteiger partial charge in [0.05, 0.1) is 10.6 Å². The van der Waals surface area contributed by atoms with E-state index in [1.807, 2.05) is 88.4 Å². The highest BCUT2D eigenvalue weighted by atomic mass is 79.9. The number of nitrogens with zero attached hydrogens (tertiary/aromatic N) is 2. The molecule has 4 aromatic rings. The average Bonchev–Trinajstić information content (AvgIpc) is 2.98. The van der Waals surface area contributed by atoms with E-state index in [4.69, 9.17) is 0 Å². The van der Waals surface area contributed by atoms with Gasteiger partial charge in [0.2, 0.25) is 11.8 Å². The third-order valence-electron chi connectivity index (χ3n) is 7.25. The lowest BCUT2D eigenvalue weighted by Gasteiger charge is -2.34. The lowest BCUT2D eigenvalue weighted by Crippen LogP contribution is -2.53. The zero-order valence-corrected chi connectivity index (χ0v) is 27.9. The van der Waals surface area contributed by atoms with Gasteiger partial charge in [-0.3, -0.25) is 13.9 Å². The molecule has 0 aliphatic carbocycles. The molecular weight excluding hydrogens is 638 g/mol. The maximum atomic E-state index is 14.5. The summed E-state index contributed by atoms with van der Waals surface area (Å²) in [6.45, 7) is 7.50. The number of anilines is 1. The highest BCUT2D eigenvalue weighted by Crippen LogP contribution is 2.27. The summed E-state index contributed by atoms with van der Waals surface area (Å²) >= 11 is 3.50. The minimum absolute atomic E-state index is 0.0816. The molecular formula is C35H38BrN3O4S. The van der Waals surface area contributed by atoms with Crippen LogP contribution in [0, 0.1) is 20.8 Å². The van der Waals surface area contributed by atoms with Crippen LogP contribution in [-0.2, 0) is 32.6 Å². The summed E-state index contributed by atoms with van der Waals surface area (Å²) in [4.78, 5) is 29.7. The van der Waals surface area contributed by atoms with Gasteiger partial charge < -0.3 is 10.2 Å². The molecule has 0 radical (unpaired) electrons. The van der Waals surface area contributed by atoms with Gasteiger partial charge in [-0.25, -0.2) is 8.42 Å². The van der Waals surface area contributed by atoms with Gasteiger partial charge in [-0.15, -0.1) is 0 Å². The summed E-state index contributed by atoms with van der Waals surface area (Å²) in [5.41, 5.74) is 4.72. The van der Waals surface area contributed by atoms with Crippen LogP contribution >= 0.6 is 15.9 Å². The summed E-state index contributed by atoms with van der Waals surface area (Å²) in [6, 6.07) is 28.2. The standard InChI is InChI=1S/C35H38BrN3O4S/c1-5-37-35(41)33(22-28-10-7-6-8-11-28)38(23-29-12-9-13-30(36)21-29)34(40)24-39(31-19-26(3)18-27(4)20-31)44(42,43)32-16-14-25(2)15-17-32/h6-21,33H,5,22-24H2,1-4H3,(H,37,41)/t33-/m0/s1. The molecule has 44 heavy (non-hydrogen) atoms.